The first kappa shape index (κ1) is 27.0. The lowest BCUT2D eigenvalue weighted by atomic mass is 9.32. The van der Waals surface area contributed by atoms with Crippen molar-refractivity contribution in [3.63, 3.8) is 0 Å². The van der Waals surface area contributed by atoms with E-state index in [0.717, 1.165) is 106 Å². The van der Waals surface area contributed by atoms with Gasteiger partial charge in [-0.15, -0.1) is 0 Å². The minimum absolute atomic E-state index is 0.776. The average Bonchev–Trinajstić information content (AvgIpc) is 3.64. The van der Waals surface area contributed by atoms with Crippen LogP contribution >= 0.6 is 0 Å². The number of hydrogen-bond donors (Lipinski definition) is 0. The molecule has 238 valence electrons. The van der Waals surface area contributed by atoms with Crippen molar-refractivity contribution in [1.82, 2.24) is 0 Å². The Morgan fingerprint density at radius 3 is 1.84 bits per heavy atom. The van der Waals surface area contributed by atoms with E-state index < -0.39 is 0 Å². The van der Waals surface area contributed by atoms with Crippen LogP contribution in [0.1, 0.15) is 136 Å². The van der Waals surface area contributed by atoms with Crippen LogP contribution in [0.4, 0.5) is 0 Å². The topological polar surface area (TPSA) is 0 Å². The average molecular weight is 583 g/mol. The highest BCUT2D eigenvalue weighted by Crippen LogP contribution is 2.86. The quantitative estimate of drug-likeness (QED) is 0.266. The van der Waals surface area contributed by atoms with E-state index in [1.807, 2.05) is 0 Å². The van der Waals surface area contributed by atoms with E-state index in [1.165, 1.54) is 23.7 Å². The van der Waals surface area contributed by atoms with Crippen LogP contribution in [0, 0.1) is 130 Å². The molecule has 0 heteroatoms. The maximum Gasteiger partial charge on any atom is -0.0165 e. The SMILES string of the molecule is CC1CCC2C3C4CCCCC4C4CCC5CC6CC7C(C)CCCC7C7C8C9CCCCC9C(C)C8C(C2C1)(C5C43)C67. The van der Waals surface area contributed by atoms with E-state index in [0.29, 0.717) is 0 Å². The van der Waals surface area contributed by atoms with Crippen LogP contribution in [0.5, 0.6) is 0 Å². The lowest BCUT2D eigenvalue weighted by molar-refractivity contribution is -0.248. The van der Waals surface area contributed by atoms with Crippen LogP contribution in [-0.4, -0.2) is 0 Å². The lowest BCUT2D eigenvalue weighted by Crippen LogP contribution is -2.67. The van der Waals surface area contributed by atoms with E-state index in [4.69, 9.17) is 0 Å². The Kier molecular flexibility index (Phi) is 5.86. The standard InChI is InChI=1S/C43H66/c1-22-15-17-33-35(19-22)43-40-24(3)27-10-4-6-12-29(27)38(40)39-31-14-8-9-23(2)34(31)21-26(42(39)43)20-25-16-18-32-28-11-5-7-13-30(28)36(33)37(32)41(25)43/h22-42H,4-21H2,1-3H3. The molecular formula is C43H66. The molecule has 11 rings (SSSR count). The molecular weight excluding hydrogens is 516 g/mol. The van der Waals surface area contributed by atoms with Crippen LogP contribution in [-0.2, 0) is 0 Å². The molecule has 43 heavy (non-hydrogen) atoms. The largest absolute Gasteiger partial charge is 0.0625 e. The molecule has 1 spiro atoms. The molecule has 0 heterocycles. The fraction of sp³-hybridized carbons (Fsp3) is 1.00. The zero-order valence-electron chi connectivity index (χ0n) is 28.4. The molecule has 0 nitrogen and oxygen atoms in total. The summed E-state index contributed by atoms with van der Waals surface area (Å²) in [6, 6.07) is 0. The van der Waals surface area contributed by atoms with Gasteiger partial charge in [-0.1, -0.05) is 65.7 Å². The van der Waals surface area contributed by atoms with Gasteiger partial charge in [0.25, 0.3) is 0 Å². The second kappa shape index (κ2) is 9.33. The summed E-state index contributed by atoms with van der Waals surface area (Å²) in [5.74, 6) is 23.7. The van der Waals surface area contributed by atoms with Gasteiger partial charge in [0, 0.05) is 0 Å². The molecule has 11 aliphatic rings. The second-order valence-corrected chi connectivity index (χ2v) is 20.6. The highest BCUT2D eigenvalue weighted by atomic mass is 14.9. The molecule has 22 atom stereocenters. The summed E-state index contributed by atoms with van der Waals surface area (Å²) in [5, 5.41) is 0. The zero-order valence-corrected chi connectivity index (χ0v) is 28.4. The van der Waals surface area contributed by atoms with Gasteiger partial charge in [0.05, 0.1) is 0 Å². The fourth-order valence-corrected chi connectivity index (χ4v) is 20.2. The molecule has 0 aliphatic heterocycles. The van der Waals surface area contributed by atoms with E-state index in [1.54, 1.807) is 116 Å². The Morgan fingerprint density at radius 2 is 1.00 bits per heavy atom. The molecule has 0 amide bonds. The summed E-state index contributed by atoms with van der Waals surface area (Å²) in [5.41, 5.74) is 0.776. The molecule has 0 aromatic heterocycles. The van der Waals surface area contributed by atoms with Gasteiger partial charge >= 0.3 is 0 Å². The summed E-state index contributed by atoms with van der Waals surface area (Å²) < 4.78 is 0. The van der Waals surface area contributed by atoms with E-state index in [9.17, 15) is 0 Å². The maximum absolute atomic E-state index is 2.93. The van der Waals surface area contributed by atoms with Gasteiger partial charge in [0.2, 0.25) is 0 Å². The normalized spacial score (nSPS) is 67.5. The smallest absolute Gasteiger partial charge is 0.0165 e. The van der Waals surface area contributed by atoms with Gasteiger partial charge in [-0.2, -0.15) is 0 Å². The van der Waals surface area contributed by atoms with Gasteiger partial charge in [-0.3, -0.25) is 0 Å². The zero-order chi connectivity index (χ0) is 28.4. The van der Waals surface area contributed by atoms with Crippen molar-refractivity contribution in [1.29, 1.82) is 0 Å². The van der Waals surface area contributed by atoms with E-state index >= 15 is 0 Å². The highest BCUT2D eigenvalue weighted by Gasteiger charge is 2.81. The van der Waals surface area contributed by atoms with Gasteiger partial charge in [0.1, 0.15) is 0 Å². The first-order valence-electron chi connectivity index (χ1n) is 21.1. The maximum atomic E-state index is 2.93. The second-order valence-electron chi connectivity index (χ2n) is 20.6. The predicted molar refractivity (Wildman–Crippen MR) is 176 cm³/mol. The molecule has 11 saturated carbocycles. The van der Waals surface area contributed by atoms with Crippen molar-refractivity contribution in [3.8, 4) is 0 Å². The minimum atomic E-state index is 0.776. The van der Waals surface area contributed by atoms with Gasteiger partial charge < -0.3 is 0 Å². The van der Waals surface area contributed by atoms with Crippen LogP contribution in [0.25, 0.3) is 0 Å². The Labute approximate surface area is 265 Å². The molecule has 0 aromatic carbocycles. The summed E-state index contributed by atoms with van der Waals surface area (Å²) >= 11 is 0. The lowest BCUT2D eigenvalue weighted by Gasteiger charge is -2.72. The fourth-order valence-electron chi connectivity index (χ4n) is 20.2. The molecule has 11 fully saturated rings. The van der Waals surface area contributed by atoms with Gasteiger partial charge in [-0.05, 0) is 200 Å². The van der Waals surface area contributed by atoms with Crippen LogP contribution in [0.3, 0.4) is 0 Å². The van der Waals surface area contributed by atoms with Gasteiger partial charge in [0.15, 0.2) is 0 Å². The van der Waals surface area contributed by atoms with Crippen molar-refractivity contribution >= 4 is 0 Å². The molecule has 0 bridgehead atoms. The van der Waals surface area contributed by atoms with Crippen molar-refractivity contribution in [2.24, 2.45) is 130 Å². The monoisotopic (exact) mass is 583 g/mol. The van der Waals surface area contributed by atoms with Crippen LogP contribution in [0.2, 0.25) is 0 Å². The van der Waals surface area contributed by atoms with Crippen LogP contribution in [0.15, 0.2) is 0 Å². The first-order valence-corrected chi connectivity index (χ1v) is 21.1. The Balaban J connectivity index is 1.15. The minimum Gasteiger partial charge on any atom is -0.0625 e. The third-order valence-corrected chi connectivity index (χ3v) is 20.2. The Hall–Kier alpha value is 0. The third-order valence-electron chi connectivity index (χ3n) is 20.2. The van der Waals surface area contributed by atoms with Crippen molar-refractivity contribution in [2.75, 3.05) is 0 Å². The summed E-state index contributed by atoms with van der Waals surface area (Å²) in [4.78, 5) is 0. The molecule has 0 saturated heterocycles. The van der Waals surface area contributed by atoms with Crippen molar-refractivity contribution < 1.29 is 0 Å². The summed E-state index contributed by atoms with van der Waals surface area (Å²) in [6.45, 7) is 8.41. The van der Waals surface area contributed by atoms with Crippen molar-refractivity contribution in [3.05, 3.63) is 0 Å². The highest BCUT2D eigenvalue weighted by molar-refractivity contribution is 5.28. The number of fused-ring (bicyclic) bond motifs is 11. The summed E-state index contributed by atoms with van der Waals surface area (Å²) in [6.07, 6.45) is 29.3. The van der Waals surface area contributed by atoms with E-state index in [-0.39, 0.29) is 0 Å². The molecule has 0 aromatic rings. The first-order chi connectivity index (χ1) is 21.1. The number of hydrogen-bond acceptors (Lipinski definition) is 0. The predicted octanol–water partition coefficient (Wildman–Crippen LogP) is 11.1. The van der Waals surface area contributed by atoms with Crippen LogP contribution < -0.4 is 0 Å². The Morgan fingerprint density at radius 1 is 0.395 bits per heavy atom. The number of rotatable bonds is 0. The van der Waals surface area contributed by atoms with E-state index in [2.05, 4.69) is 20.8 Å². The van der Waals surface area contributed by atoms with Gasteiger partial charge in [-0.25, -0.2) is 0 Å². The molecule has 0 radical (unpaired) electrons. The van der Waals surface area contributed by atoms with Crippen molar-refractivity contribution in [2.45, 2.75) is 136 Å². The molecule has 0 N–H and O–H groups in total. The Bertz CT molecular complexity index is 1120. The summed E-state index contributed by atoms with van der Waals surface area (Å²) in [7, 11) is 0. The molecule has 22 unspecified atom stereocenters. The third kappa shape index (κ3) is 3.15. The molecule has 11 aliphatic carbocycles.